The van der Waals surface area contributed by atoms with E-state index in [2.05, 4.69) is 5.32 Å². The topological polar surface area (TPSA) is 32.3 Å². The van der Waals surface area contributed by atoms with Crippen molar-refractivity contribution < 1.29 is 9.50 Å². The lowest BCUT2D eigenvalue weighted by molar-refractivity contribution is 0.462. The maximum Gasteiger partial charge on any atom is 0.123 e. The third kappa shape index (κ3) is 2.80. The Bertz CT molecular complexity index is 554. The fourth-order valence-corrected chi connectivity index (χ4v) is 1.93. The Balaban J connectivity index is 2.21. The molecule has 0 fully saturated rings. The lowest BCUT2D eigenvalue weighted by atomic mass is 10.1. The van der Waals surface area contributed by atoms with Gasteiger partial charge >= 0.3 is 0 Å². The summed E-state index contributed by atoms with van der Waals surface area (Å²) in [4.78, 5) is 0. The lowest BCUT2D eigenvalue weighted by Crippen LogP contribution is -2.07. The van der Waals surface area contributed by atoms with Crippen LogP contribution in [0.25, 0.3) is 0 Å². The van der Waals surface area contributed by atoms with Crippen molar-refractivity contribution in [3.63, 3.8) is 0 Å². The van der Waals surface area contributed by atoms with Crippen LogP contribution < -0.4 is 5.32 Å². The van der Waals surface area contributed by atoms with Crippen molar-refractivity contribution in [2.24, 2.45) is 0 Å². The summed E-state index contributed by atoms with van der Waals surface area (Å²) in [5.41, 5.74) is 2.65. The molecular formula is C15H16FNO. The molecule has 0 radical (unpaired) electrons. The summed E-state index contributed by atoms with van der Waals surface area (Å²) in [5.74, 6) is -0.246. The normalized spacial score (nSPS) is 12.2. The van der Waals surface area contributed by atoms with E-state index in [4.69, 9.17) is 0 Å². The lowest BCUT2D eigenvalue weighted by Gasteiger charge is -2.17. The molecule has 2 aromatic carbocycles. The quantitative estimate of drug-likeness (QED) is 0.856. The fraction of sp³-hybridized carbons (Fsp3) is 0.200. The SMILES string of the molecule is Cc1cccc(NC(C)c2cc(F)ccc2O)c1. The van der Waals surface area contributed by atoms with Gasteiger partial charge in [-0.1, -0.05) is 12.1 Å². The Labute approximate surface area is 106 Å². The molecule has 94 valence electrons. The van der Waals surface area contributed by atoms with Crippen LogP contribution in [0.5, 0.6) is 5.75 Å². The van der Waals surface area contributed by atoms with Gasteiger partial charge in [0, 0.05) is 11.3 Å². The first-order valence-electron chi connectivity index (χ1n) is 5.88. The van der Waals surface area contributed by atoms with E-state index in [1.165, 1.54) is 18.2 Å². The number of rotatable bonds is 3. The predicted molar refractivity (Wildman–Crippen MR) is 71.3 cm³/mol. The number of hydrogen-bond donors (Lipinski definition) is 2. The van der Waals surface area contributed by atoms with Crippen LogP contribution in [-0.2, 0) is 0 Å². The summed E-state index contributed by atoms with van der Waals surface area (Å²) < 4.78 is 13.2. The van der Waals surface area contributed by atoms with Crippen molar-refractivity contribution in [3.8, 4) is 5.75 Å². The molecule has 0 amide bonds. The van der Waals surface area contributed by atoms with E-state index in [1.807, 2.05) is 38.1 Å². The summed E-state index contributed by atoms with van der Waals surface area (Å²) >= 11 is 0. The van der Waals surface area contributed by atoms with Gasteiger partial charge in [0.2, 0.25) is 0 Å². The fourth-order valence-electron chi connectivity index (χ4n) is 1.93. The van der Waals surface area contributed by atoms with Gasteiger partial charge in [0.05, 0.1) is 6.04 Å². The summed E-state index contributed by atoms with van der Waals surface area (Å²) in [6.07, 6.45) is 0. The number of benzene rings is 2. The van der Waals surface area contributed by atoms with Crippen molar-refractivity contribution in [1.29, 1.82) is 0 Å². The highest BCUT2D eigenvalue weighted by atomic mass is 19.1. The van der Waals surface area contributed by atoms with Crippen LogP contribution in [0.4, 0.5) is 10.1 Å². The zero-order chi connectivity index (χ0) is 13.1. The van der Waals surface area contributed by atoms with Crippen molar-refractivity contribution in [2.75, 3.05) is 5.32 Å². The highest BCUT2D eigenvalue weighted by molar-refractivity contribution is 5.49. The number of anilines is 1. The first-order valence-corrected chi connectivity index (χ1v) is 5.88. The molecule has 0 aliphatic carbocycles. The molecule has 0 saturated heterocycles. The van der Waals surface area contributed by atoms with Gasteiger partial charge in [-0.3, -0.25) is 0 Å². The molecule has 1 atom stereocenters. The molecule has 0 aromatic heterocycles. The Hall–Kier alpha value is -2.03. The summed E-state index contributed by atoms with van der Waals surface area (Å²) in [7, 11) is 0. The molecule has 1 unspecified atom stereocenters. The smallest absolute Gasteiger partial charge is 0.123 e. The van der Waals surface area contributed by atoms with Crippen LogP contribution in [-0.4, -0.2) is 5.11 Å². The van der Waals surface area contributed by atoms with E-state index in [9.17, 15) is 9.50 Å². The van der Waals surface area contributed by atoms with E-state index in [0.717, 1.165) is 11.3 Å². The molecule has 0 spiro atoms. The summed E-state index contributed by atoms with van der Waals surface area (Å²) in [6.45, 7) is 3.90. The third-order valence-corrected chi connectivity index (χ3v) is 2.86. The number of aromatic hydroxyl groups is 1. The second-order valence-electron chi connectivity index (χ2n) is 4.44. The zero-order valence-corrected chi connectivity index (χ0v) is 10.4. The molecule has 0 bridgehead atoms. The van der Waals surface area contributed by atoms with E-state index in [0.29, 0.717) is 5.56 Å². The van der Waals surface area contributed by atoms with Gasteiger partial charge < -0.3 is 10.4 Å². The molecule has 2 N–H and O–H groups in total. The van der Waals surface area contributed by atoms with E-state index in [1.54, 1.807) is 0 Å². The molecular weight excluding hydrogens is 229 g/mol. The average Bonchev–Trinajstić information content (AvgIpc) is 2.32. The van der Waals surface area contributed by atoms with Crippen LogP contribution in [0.15, 0.2) is 42.5 Å². The molecule has 0 heterocycles. The Morgan fingerprint density at radius 1 is 1.17 bits per heavy atom. The van der Waals surface area contributed by atoms with Gasteiger partial charge in [0.1, 0.15) is 11.6 Å². The number of aryl methyl sites for hydroxylation is 1. The zero-order valence-electron chi connectivity index (χ0n) is 10.4. The van der Waals surface area contributed by atoms with Crippen LogP contribution in [0.1, 0.15) is 24.1 Å². The molecule has 18 heavy (non-hydrogen) atoms. The largest absolute Gasteiger partial charge is 0.508 e. The standard InChI is InChI=1S/C15H16FNO/c1-10-4-3-5-13(8-10)17-11(2)14-9-12(16)6-7-15(14)18/h3-9,11,17-18H,1-2H3. The first kappa shape index (κ1) is 12.4. The average molecular weight is 245 g/mol. The number of halogens is 1. The molecule has 0 saturated carbocycles. The molecule has 2 aromatic rings. The third-order valence-electron chi connectivity index (χ3n) is 2.86. The number of phenols is 1. The highest BCUT2D eigenvalue weighted by Gasteiger charge is 2.11. The van der Waals surface area contributed by atoms with Gasteiger partial charge in [0.15, 0.2) is 0 Å². The second kappa shape index (κ2) is 5.08. The summed E-state index contributed by atoms with van der Waals surface area (Å²) in [5, 5.41) is 13.0. The number of nitrogens with one attached hydrogen (secondary N) is 1. The van der Waals surface area contributed by atoms with Crippen molar-refractivity contribution >= 4 is 5.69 Å². The minimum absolute atomic E-state index is 0.101. The minimum Gasteiger partial charge on any atom is -0.508 e. The van der Waals surface area contributed by atoms with Crippen molar-refractivity contribution in [3.05, 3.63) is 59.4 Å². The van der Waals surface area contributed by atoms with Gasteiger partial charge in [0.25, 0.3) is 0 Å². The van der Waals surface area contributed by atoms with Gasteiger partial charge in [-0.2, -0.15) is 0 Å². The highest BCUT2D eigenvalue weighted by Crippen LogP contribution is 2.27. The van der Waals surface area contributed by atoms with Crippen LogP contribution in [0.3, 0.4) is 0 Å². The molecule has 0 aliphatic heterocycles. The maximum atomic E-state index is 13.2. The van der Waals surface area contributed by atoms with E-state index >= 15 is 0 Å². The Kier molecular flexibility index (Phi) is 3.51. The number of phenolic OH excluding ortho intramolecular Hbond substituents is 1. The van der Waals surface area contributed by atoms with Crippen molar-refractivity contribution in [2.45, 2.75) is 19.9 Å². The second-order valence-corrected chi connectivity index (χ2v) is 4.44. The first-order chi connectivity index (χ1) is 8.56. The predicted octanol–water partition coefficient (Wildman–Crippen LogP) is 4.01. The van der Waals surface area contributed by atoms with Crippen molar-refractivity contribution in [1.82, 2.24) is 0 Å². The van der Waals surface area contributed by atoms with Gasteiger partial charge in [-0.25, -0.2) is 4.39 Å². The van der Waals surface area contributed by atoms with E-state index < -0.39 is 0 Å². The minimum atomic E-state index is -0.347. The van der Waals surface area contributed by atoms with Crippen LogP contribution >= 0.6 is 0 Å². The van der Waals surface area contributed by atoms with Gasteiger partial charge in [-0.05, 0) is 49.7 Å². The molecule has 0 aliphatic rings. The summed E-state index contributed by atoms with van der Waals surface area (Å²) in [6, 6.07) is 11.7. The Morgan fingerprint density at radius 2 is 1.94 bits per heavy atom. The van der Waals surface area contributed by atoms with Gasteiger partial charge in [-0.15, -0.1) is 0 Å². The number of hydrogen-bond acceptors (Lipinski definition) is 2. The molecule has 3 heteroatoms. The maximum absolute atomic E-state index is 13.2. The van der Waals surface area contributed by atoms with Crippen LogP contribution in [0, 0.1) is 12.7 Å². The Morgan fingerprint density at radius 3 is 2.67 bits per heavy atom. The monoisotopic (exact) mass is 245 g/mol. The molecule has 2 rings (SSSR count). The van der Waals surface area contributed by atoms with E-state index in [-0.39, 0.29) is 17.6 Å². The van der Waals surface area contributed by atoms with Crippen LogP contribution in [0.2, 0.25) is 0 Å². The molecule has 2 nitrogen and oxygen atoms in total.